The number of hydrogen-bond acceptors (Lipinski definition) is 5. The van der Waals surface area contributed by atoms with Gasteiger partial charge in [-0.2, -0.15) is 0 Å². The Kier molecular flexibility index (Phi) is 5.29. The van der Waals surface area contributed by atoms with Gasteiger partial charge in [0.2, 0.25) is 0 Å². The van der Waals surface area contributed by atoms with Crippen molar-refractivity contribution in [1.29, 1.82) is 0 Å². The monoisotopic (exact) mass is 252 g/mol. The Balaban J connectivity index is 2.41. The van der Waals surface area contributed by atoms with Gasteiger partial charge in [0.05, 0.1) is 18.4 Å². The van der Waals surface area contributed by atoms with Crippen molar-refractivity contribution in [2.75, 3.05) is 7.11 Å². The summed E-state index contributed by atoms with van der Waals surface area (Å²) in [6.07, 6.45) is 2.52. The molecular formula is C12H12O4S. The standard InChI is InChI=1S/C12H12O4S/c1-16-12(15)7-5-9(13)4-6-10(14)11-3-2-8-17-11/h2-4,6,8H,5,7H2,1H3/b6-4+. The van der Waals surface area contributed by atoms with Gasteiger partial charge in [-0.3, -0.25) is 14.4 Å². The second-order valence-electron chi connectivity index (χ2n) is 3.22. The first-order valence-corrected chi connectivity index (χ1v) is 5.87. The van der Waals surface area contributed by atoms with E-state index in [9.17, 15) is 14.4 Å². The molecule has 0 radical (unpaired) electrons. The van der Waals surface area contributed by atoms with Gasteiger partial charge in [0.1, 0.15) is 0 Å². The second kappa shape index (κ2) is 6.75. The lowest BCUT2D eigenvalue weighted by molar-refractivity contribution is -0.141. The molecule has 17 heavy (non-hydrogen) atoms. The van der Waals surface area contributed by atoms with Crippen LogP contribution in [0.15, 0.2) is 29.7 Å². The highest BCUT2D eigenvalue weighted by atomic mass is 32.1. The molecule has 4 nitrogen and oxygen atoms in total. The van der Waals surface area contributed by atoms with Crippen LogP contribution in [0.4, 0.5) is 0 Å². The Morgan fingerprint density at radius 2 is 2.06 bits per heavy atom. The van der Waals surface area contributed by atoms with E-state index in [1.165, 1.54) is 30.6 Å². The number of carbonyl (C=O) groups is 3. The SMILES string of the molecule is COC(=O)CCC(=O)/C=C/C(=O)c1cccs1. The third kappa shape index (κ3) is 4.74. The summed E-state index contributed by atoms with van der Waals surface area (Å²) in [6.45, 7) is 0. The third-order valence-electron chi connectivity index (χ3n) is 1.99. The molecule has 0 aliphatic heterocycles. The minimum Gasteiger partial charge on any atom is -0.469 e. The summed E-state index contributed by atoms with van der Waals surface area (Å²) in [6, 6.07) is 3.46. The van der Waals surface area contributed by atoms with E-state index in [-0.39, 0.29) is 24.4 Å². The largest absolute Gasteiger partial charge is 0.469 e. The first-order valence-electron chi connectivity index (χ1n) is 4.99. The van der Waals surface area contributed by atoms with E-state index in [1.807, 2.05) is 0 Å². The number of methoxy groups -OCH3 is 1. The van der Waals surface area contributed by atoms with E-state index < -0.39 is 5.97 Å². The summed E-state index contributed by atoms with van der Waals surface area (Å²) >= 11 is 1.32. The predicted molar refractivity (Wildman–Crippen MR) is 64.0 cm³/mol. The van der Waals surface area contributed by atoms with E-state index in [2.05, 4.69) is 4.74 Å². The minimum atomic E-state index is -0.434. The lowest BCUT2D eigenvalue weighted by atomic mass is 10.2. The molecule has 5 heteroatoms. The Morgan fingerprint density at radius 1 is 1.29 bits per heavy atom. The summed E-state index contributed by atoms with van der Waals surface area (Å²) in [5.41, 5.74) is 0. The number of esters is 1. The summed E-state index contributed by atoms with van der Waals surface area (Å²) in [5.74, 6) is -0.900. The molecule has 0 unspecified atom stereocenters. The number of thiophene rings is 1. The number of carbonyl (C=O) groups excluding carboxylic acids is 3. The molecule has 0 bridgehead atoms. The molecule has 0 atom stereocenters. The Labute approximate surface area is 103 Å². The van der Waals surface area contributed by atoms with Crippen LogP contribution in [0.5, 0.6) is 0 Å². The first-order chi connectivity index (χ1) is 8.13. The van der Waals surface area contributed by atoms with Gasteiger partial charge < -0.3 is 4.74 Å². The van der Waals surface area contributed by atoms with Gasteiger partial charge in [-0.25, -0.2) is 0 Å². The van der Waals surface area contributed by atoms with Gasteiger partial charge in [-0.1, -0.05) is 6.07 Å². The molecule has 0 amide bonds. The van der Waals surface area contributed by atoms with Crippen molar-refractivity contribution in [3.8, 4) is 0 Å². The van der Waals surface area contributed by atoms with Crippen molar-refractivity contribution in [2.24, 2.45) is 0 Å². The average Bonchev–Trinajstić information content (AvgIpc) is 2.86. The highest BCUT2D eigenvalue weighted by Crippen LogP contribution is 2.09. The van der Waals surface area contributed by atoms with Crippen LogP contribution in [0.2, 0.25) is 0 Å². The fourth-order valence-electron chi connectivity index (χ4n) is 1.08. The van der Waals surface area contributed by atoms with Gasteiger partial charge >= 0.3 is 5.97 Å². The number of rotatable bonds is 6. The molecule has 0 aliphatic carbocycles. The molecule has 0 saturated heterocycles. The van der Waals surface area contributed by atoms with Crippen LogP contribution in [0.3, 0.4) is 0 Å². The number of allylic oxidation sites excluding steroid dienone is 2. The van der Waals surface area contributed by atoms with Gasteiger partial charge in [0.25, 0.3) is 0 Å². The van der Waals surface area contributed by atoms with Crippen LogP contribution in [0.25, 0.3) is 0 Å². The molecule has 90 valence electrons. The molecule has 1 rings (SSSR count). The summed E-state index contributed by atoms with van der Waals surface area (Å²) in [5, 5.41) is 1.79. The maximum atomic E-state index is 11.5. The molecule has 0 aliphatic rings. The topological polar surface area (TPSA) is 60.4 Å². The van der Waals surface area contributed by atoms with Crippen LogP contribution in [0, 0.1) is 0 Å². The summed E-state index contributed by atoms with van der Waals surface area (Å²) in [7, 11) is 1.27. The lowest BCUT2D eigenvalue weighted by Crippen LogP contribution is -2.04. The van der Waals surface area contributed by atoms with Crippen molar-refractivity contribution in [1.82, 2.24) is 0 Å². The molecule has 1 aromatic rings. The Hall–Kier alpha value is -1.75. The van der Waals surface area contributed by atoms with Crippen molar-refractivity contribution in [3.63, 3.8) is 0 Å². The van der Waals surface area contributed by atoms with E-state index >= 15 is 0 Å². The van der Waals surface area contributed by atoms with Gasteiger partial charge in [-0.15, -0.1) is 11.3 Å². The third-order valence-corrected chi connectivity index (χ3v) is 2.87. The van der Waals surface area contributed by atoms with Crippen molar-refractivity contribution in [3.05, 3.63) is 34.5 Å². The first kappa shape index (κ1) is 13.3. The van der Waals surface area contributed by atoms with Gasteiger partial charge in [-0.05, 0) is 23.6 Å². The van der Waals surface area contributed by atoms with Gasteiger partial charge in [0.15, 0.2) is 11.6 Å². The minimum absolute atomic E-state index is 0.0346. The maximum Gasteiger partial charge on any atom is 0.305 e. The normalized spacial score (nSPS) is 10.4. The average molecular weight is 252 g/mol. The van der Waals surface area contributed by atoms with Crippen molar-refractivity contribution >= 4 is 28.9 Å². The van der Waals surface area contributed by atoms with Gasteiger partial charge in [0, 0.05) is 6.42 Å². The maximum absolute atomic E-state index is 11.5. The van der Waals surface area contributed by atoms with E-state index in [1.54, 1.807) is 17.5 Å². The molecular weight excluding hydrogens is 240 g/mol. The summed E-state index contributed by atoms with van der Waals surface area (Å²) in [4.78, 5) is 34.1. The second-order valence-corrected chi connectivity index (χ2v) is 4.17. The number of hydrogen-bond donors (Lipinski definition) is 0. The molecule has 0 N–H and O–H groups in total. The molecule has 1 heterocycles. The highest BCUT2D eigenvalue weighted by Gasteiger charge is 2.06. The highest BCUT2D eigenvalue weighted by molar-refractivity contribution is 7.12. The zero-order chi connectivity index (χ0) is 12.7. The quantitative estimate of drug-likeness (QED) is 0.441. The summed E-state index contributed by atoms with van der Waals surface area (Å²) < 4.78 is 4.40. The fraction of sp³-hybridized carbons (Fsp3) is 0.250. The Morgan fingerprint density at radius 3 is 2.65 bits per heavy atom. The molecule has 1 aromatic heterocycles. The van der Waals surface area contributed by atoms with E-state index in [4.69, 9.17) is 0 Å². The fourth-order valence-corrected chi connectivity index (χ4v) is 1.73. The number of ether oxygens (including phenoxy) is 1. The van der Waals surface area contributed by atoms with Crippen LogP contribution in [0.1, 0.15) is 22.5 Å². The number of ketones is 2. The van der Waals surface area contributed by atoms with Crippen LogP contribution in [-0.2, 0) is 14.3 Å². The van der Waals surface area contributed by atoms with Crippen LogP contribution < -0.4 is 0 Å². The Bertz CT molecular complexity index is 431. The van der Waals surface area contributed by atoms with Crippen LogP contribution in [-0.4, -0.2) is 24.6 Å². The van der Waals surface area contributed by atoms with Crippen LogP contribution >= 0.6 is 11.3 Å². The molecule has 0 aromatic carbocycles. The van der Waals surface area contributed by atoms with Crippen molar-refractivity contribution in [2.45, 2.75) is 12.8 Å². The smallest absolute Gasteiger partial charge is 0.305 e. The van der Waals surface area contributed by atoms with E-state index in [0.29, 0.717) is 4.88 Å². The van der Waals surface area contributed by atoms with Crippen molar-refractivity contribution < 1.29 is 19.1 Å². The van der Waals surface area contributed by atoms with E-state index in [0.717, 1.165) is 0 Å². The molecule has 0 fully saturated rings. The molecule has 0 saturated carbocycles. The molecule has 0 spiro atoms. The zero-order valence-corrected chi connectivity index (χ0v) is 10.2. The lowest BCUT2D eigenvalue weighted by Gasteiger charge is -1.95. The zero-order valence-electron chi connectivity index (χ0n) is 9.34. The predicted octanol–water partition coefficient (Wildman–Crippen LogP) is 2.01.